The van der Waals surface area contributed by atoms with E-state index in [1.165, 1.54) is 15.9 Å². The van der Waals surface area contributed by atoms with Crippen molar-refractivity contribution in [3.8, 4) is 28.1 Å². The van der Waals surface area contributed by atoms with Gasteiger partial charge in [0.2, 0.25) is 0 Å². The van der Waals surface area contributed by atoms with E-state index >= 15 is 0 Å². The zero-order valence-electron chi connectivity index (χ0n) is 21.8. The molecular formula is C29H35NO4Si. The minimum absolute atomic E-state index is 0.201. The fourth-order valence-corrected chi connectivity index (χ4v) is 12.3. The lowest BCUT2D eigenvalue weighted by molar-refractivity contribution is 0.0510. The second-order valence-corrected chi connectivity index (χ2v) is 14.8. The Labute approximate surface area is 209 Å². The molecule has 1 aliphatic rings. The first-order valence-corrected chi connectivity index (χ1v) is 14.5. The highest BCUT2D eigenvalue weighted by Gasteiger charge is 2.53. The summed E-state index contributed by atoms with van der Waals surface area (Å²) in [6.07, 6.45) is 0. The van der Waals surface area contributed by atoms with Crippen LogP contribution < -0.4 is 15.1 Å². The molecule has 2 heterocycles. The average Bonchev–Trinajstić information content (AvgIpc) is 3.15. The van der Waals surface area contributed by atoms with Gasteiger partial charge in [-0.1, -0.05) is 64.1 Å². The summed E-state index contributed by atoms with van der Waals surface area (Å²) >= 11 is 0. The number of methoxy groups -OCH3 is 1. The van der Waals surface area contributed by atoms with E-state index in [0.717, 1.165) is 28.1 Å². The number of hydrogen-bond acceptors (Lipinski definition) is 5. The second-order valence-electron chi connectivity index (χ2n) is 9.71. The van der Waals surface area contributed by atoms with E-state index in [4.69, 9.17) is 19.2 Å². The monoisotopic (exact) mass is 489 g/mol. The molecule has 3 aromatic rings. The summed E-state index contributed by atoms with van der Waals surface area (Å²) in [5, 5.41) is 2.66. The van der Waals surface area contributed by atoms with Crippen LogP contribution in [0.3, 0.4) is 0 Å². The van der Waals surface area contributed by atoms with Gasteiger partial charge in [0.1, 0.15) is 13.8 Å². The number of ether oxygens (including phenoxy) is 3. The standard InChI is InChI=1S/C29H35NO4Si/c1-8-33-29(31)26-20(6)25-23-15-14-22(34-17-32-7)16-24(23)35(18(2)3,19(4)5)28(25)27(30-26)21-12-10-9-11-13-21/h9-16,18-19H,8,17H2,1-7H3. The molecule has 5 nitrogen and oxygen atoms in total. The third kappa shape index (κ3) is 3.98. The fourth-order valence-electron chi connectivity index (χ4n) is 5.92. The summed E-state index contributed by atoms with van der Waals surface area (Å²) in [4.78, 5) is 18.1. The normalized spacial score (nSPS) is 13.6. The molecule has 4 rings (SSSR count). The van der Waals surface area contributed by atoms with Gasteiger partial charge in [-0.3, -0.25) is 0 Å². The van der Waals surface area contributed by atoms with Crippen LogP contribution in [0.25, 0.3) is 22.4 Å². The molecule has 1 aromatic heterocycles. The number of esters is 1. The SMILES string of the molecule is CCOC(=O)c1nc(-c2ccccc2)c2c(c1C)-c1ccc(OCOC)cc1[Si]2(C(C)C)C(C)C. The lowest BCUT2D eigenvalue weighted by Gasteiger charge is -2.39. The van der Waals surface area contributed by atoms with E-state index in [1.54, 1.807) is 7.11 Å². The molecule has 0 saturated heterocycles. The van der Waals surface area contributed by atoms with Crippen molar-refractivity contribution in [1.82, 2.24) is 4.98 Å². The second kappa shape index (κ2) is 9.95. The number of hydrogen-bond donors (Lipinski definition) is 0. The van der Waals surface area contributed by atoms with Gasteiger partial charge in [0.25, 0.3) is 0 Å². The van der Waals surface area contributed by atoms with Crippen molar-refractivity contribution in [1.29, 1.82) is 0 Å². The van der Waals surface area contributed by atoms with Gasteiger partial charge >= 0.3 is 5.97 Å². The minimum atomic E-state index is -2.37. The highest BCUT2D eigenvalue weighted by Crippen LogP contribution is 2.45. The van der Waals surface area contributed by atoms with Gasteiger partial charge in [-0.25, -0.2) is 9.78 Å². The molecule has 0 bridgehead atoms. The first-order valence-electron chi connectivity index (χ1n) is 12.3. The molecule has 1 aliphatic heterocycles. The van der Waals surface area contributed by atoms with Gasteiger partial charge in [0.15, 0.2) is 12.5 Å². The van der Waals surface area contributed by atoms with Crippen LogP contribution in [0, 0.1) is 6.92 Å². The zero-order chi connectivity index (χ0) is 25.3. The molecule has 2 aromatic carbocycles. The number of aromatic nitrogens is 1. The van der Waals surface area contributed by atoms with Crippen LogP contribution in [0.15, 0.2) is 48.5 Å². The summed E-state index contributed by atoms with van der Waals surface area (Å²) in [6, 6.07) is 16.6. The van der Waals surface area contributed by atoms with Crippen LogP contribution in [0.4, 0.5) is 0 Å². The van der Waals surface area contributed by atoms with E-state index in [2.05, 4.69) is 52.0 Å². The molecule has 0 spiro atoms. The fraction of sp³-hybridized carbons (Fsp3) is 0.379. The van der Waals surface area contributed by atoms with Gasteiger partial charge in [0.05, 0.1) is 12.3 Å². The maximum Gasteiger partial charge on any atom is 0.357 e. The number of pyridine rings is 1. The molecule has 184 valence electrons. The molecule has 0 aliphatic carbocycles. The minimum Gasteiger partial charge on any atom is -0.468 e. The van der Waals surface area contributed by atoms with E-state index < -0.39 is 8.07 Å². The lowest BCUT2D eigenvalue weighted by Crippen LogP contribution is -2.60. The molecular weight excluding hydrogens is 454 g/mol. The highest BCUT2D eigenvalue weighted by molar-refractivity contribution is 7.08. The Hall–Kier alpha value is -2.96. The predicted molar refractivity (Wildman–Crippen MR) is 144 cm³/mol. The summed E-state index contributed by atoms with van der Waals surface area (Å²) in [5.41, 5.74) is 6.34. The number of benzene rings is 2. The molecule has 0 saturated carbocycles. The Bertz CT molecular complexity index is 1230. The molecule has 0 unspecified atom stereocenters. The number of rotatable bonds is 8. The van der Waals surface area contributed by atoms with Crippen LogP contribution in [-0.4, -0.2) is 39.5 Å². The number of carbonyl (C=O) groups excluding carboxylic acids is 1. The molecule has 0 atom stereocenters. The summed E-state index contributed by atoms with van der Waals surface area (Å²) < 4.78 is 16.5. The number of carbonyl (C=O) groups is 1. The van der Waals surface area contributed by atoms with E-state index in [-0.39, 0.29) is 12.8 Å². The quantitative estimate of drug-likeness (QED) is 0.235. The summed E-state index contributed by atoms with van der Waals surface area (Å²) in [7, 11) is -0.742. The lowest BCUT2D eigenvalue weighted by atomic mass is 9.97. The molecule has 0 fully saturated rings. The Morgan fingerprint density at radius 1 is 1.03 bits per heavy atom. The largest absolute Gasteiger partial charge is 0.468 e. The molecule has 0 N–H and O–H groups in total. The van der Waals surface area contributed by atoms with Gasteiger partial charge < -0.3 is 14.2 Å². The van der Waals surface area contributed by atoms with Crippen LogP contribution >= 0.6 is 0 Å². The van der Waals surface area contributed by atoms with Crippen molar-refractivity contribution in [2.45, 2.75) is 52.6 Å². The summed E-state index contributed by atoms with van der Waals surface area (Å²) in [5.74, 6) is 0.425. The van der Waals surface area contributed by atoms with Gasteiger partial charge in [-0.05, 0) is 64.1 Å². The van der Waals surface area contributed by atoms with Crippen molar-refractivity contribution in [2.24, 2.45) is 0 Å². The van der Waals surface area contributed by atoms with Crippen LogP contribution in [0.2, 0.25) is 11.1 Å². The smallest absolute Gasteiger partial charge is 0.357 e. The van der Waals surface area contributed by atoms with Gasteiger partial charge in [-0.15, -0.1) is 0 Å². The molecule has 35 heavy (non-hydrogen) atoms. The average molecular weight is 490 g/mol. The van der Waals surface area contributed by atoms with Crippen molar-refractivity contribution in [2.75, 3.05) is 20.5 Å². The molecule has 0 amide bonds. The third-order valence-electron chi connectivity index (χ3n) is 7.24. The van der Waals surface area contributed by atoms with Crippen LogP contribution in [0.1, 0.15) is 50.7 Å². The van der Waals surface area contributed by atoms with Crippen molar-refractivity contribution in [3.05, 3.63) is 59.8 Å². The number of nitrogens with zero attached hydrogens (tertiary/aromatic N) is 1. The highest BCUT2D eigenvalue weighted by atomic mass is 28.3. The Morgan fingerprint density at radius 2 is 1.71 bits per heavy atom. The number of fused-ring (bicyclic) bond motifs is 3. The van der Waals surface area contributed by atoms with Crippen LogP contribution in [0.5, 0.6) is 5.75 Å². The Kier molecular flexibility index (Phi) is 7.15. The Balaban J connectivity index is 2.14. The zero-order valence-corrected chi connectivity index (χ0v) is 22.8. The maximum atomic E-state index is 13.1. The van der Waals surface area contributed by atoms with Crippen molar-refractivity contribution >= 4 is 24.4 Å². The predicted octanol–water partition coefficient (Wildman–Crippen LogP) is 5.58. The first kappa shape index (κ1) is 25.1. The van der Waals surface area contributed by atoms with Gasteiger partial charge in [-0.2, -0.15) is 0 Å². The molecule has 0 radical (unpaired) electrons. The van der Waals surface area contributed by atoms with E-state index in [0.29, 0.717) is 23.4 Å². The maximum absolute atomic E-state index is 13.1. The van der Waals surface area contributed by atoms with Crippen molar-refractivity contribution < 1.29 is 19.0 Å². The van der Waals surface area contributed by atoms with Gasteiger partial charge in [0, 0.05) is 12.7 Å². The third-order valence-corrected chi connectivity index (χ3v) is 13.5. The topological polar surface area (TPSA) is 57.7 Å². The summed E-state index contributed by atoms with van der Waals surface area (Å²) in [6.45, 7) is 13.7. The Morgan fingerprint density at radius 3 is 2.31 bits per heavy atom. The van der Waals surface area contributed by atoms with E-state index in [1.807, 2.05) is 38.1 Å². The van der Waals surface area contributed by atoms with Crippen LogP contribution in [-0.2, 0) is 9.47 Å². The molecule has 6 heteroatoms. The first-order chi connectivity index (χ1) is 16.8. The van der Waals surface area contributed by atoms with Crippen molar-refractivity contribution in [3.63, 3.8) is 0 Å². The van der Waals surface area contributed by atoms with E-state index in [9.17, 15) is 4.79 Å².